The molecule has 1 heterocycles. The van der Waals surface area contributed by atoms with Crippen LogP contribution in [0, 0.1) is 5.92 Å². The Balaban J connectivity index is 1.74. The predicted molar refractivity (Wildman–Crippen MR) is 76.6 cm³/mol. The molecule has 1 aromatic carbocycles. The molecule has 2 atom stereocenters. The van der Waals surface area contributed by atoms with Crippen LogP contribution in [0.4, 0.5) is 5.69 Å². The summed E-state index contributed by atoms with van der Waals surface area (Å²) < 4.78 is 0. The second kappa shape index (κ2) is 5.10. The van der Waals surface area contributed by atoms with E-state index in [1.165, 1.54) is 44.2 Å². The highest BCUT2D eigenvalue weighted by molar-refractivity contribution is 6.31. The minimum absolute atomic E-state index is 0.788. The number of nitrogens with zero attached hydrogens (tertiary/aromatic N) is 1. The Morgan fingerprint density at radius 2 is 2.06 bits per heavy atom. The molecule has 3 rings (SSSR count). The van der Waals surface area contributed by atoms with E-state index >= 15 is 0 Å². The number of likely N-dealkylation sites (tertiary alicyclic amines) is 1. The number of hydrogen-bond acceptors (Lipinski definition) is 2. The highest BCUT2D eigenvalue weighted by Gasteiger charge is 2.35. The van der Waals surface area contributed by atoms with Crippen LogP contribution < -0.4 is 5.73 Å². The van der Waals surface area contributed by atoms with Crippen LogP contribution in [0.3, 0.4) is 0 Å². The summed E-state index contributed by atoms with van der Waals surface area (Å²) in [6, 6.07) is 6.61. The van der Waals surface area contributed by atoms with Crippen molar-refractivity contribution in [3.63, 3.8) is 0 Å². The van der Waals surface area contributed by atoms with Crippen LogP contribution in [-0.4, -0.2) is 17.5 Å². The first-order chi connectivity index (χ1) is 8.74. The first-order valence-corrected chi connectivity index (χ1v) is 7.40. The van der Waals surface area contributed by atoms with Crippen LogP contribution in [0.25, 0.3) is 0 Å². The summed E-state index contributed by atoms with van der Waals surface area (Å²) in [5.74, 6) is 0.929. The van der Waals surface area contributed by atoms with E-state index in [1.807, 2.05) is 18.2 Å². The van der Waals surface area contributed by atoms with Gasteiger partial charge in [0, 0.05) is 23.3 Å². The van der Waals surface area contributed by atoms with Crippen molar-refractivity contribution in [2.75, 3.05) is 12.3 Å². The molecule has 1 aromatic rings. The Bertz CT molecular complexity index is 433. The standard InChI is InChI=1S/C15H21ClN2/c16-14-6-5-13(17)9-12(14)10-18-8-7-11-3-1-2-4-15(11)18/h5-6,9,11,15H,1-4,7-8,10,17H2. The van der Waals surface area contributed by atoms with Crippen molar-refractivity contribution in [1.82, 2.24) is 4.90 Å². The van der Waals surface area contributed by atoms with E-state index in [9.17, 15) is 0 Å². The van der Waals surface area contributed by atoms with E-state index in [1.54, 1.807) is 0 Å². The number of fused-ring (bicyclic) bond motifs is 1. The van der Waals surface area contributed by atoms with E-state index in [2.05, 4.69) is 4.90 Å². The average molecular weight is 265 g/mol. The summed E-state index contributed by atoms with van der Waals surface area (Å²) >= 11 is 6.27. The van der Waals surface area contributed by atoms with Gasteiger partial charge in [0.15, 0.2) is 0 Å². The number of anilines is 1. The van der Waals surface area contributed by atoms with Crippen molar-refractivity contribution in [2.45, 2.75) is 44.7 Å². The molecule has 0 bridgehead atoms. The minimum atomic E-state index is 0.788. The van der Waals surface area contributed by atoms with Gasteiger partial charge in [0.25, 0.3) is 0 Å². The molecule has 18 heavy (non-hydrogen) atoms. The van der Waals surface area contributed by atoms with Gasteiger partial charge in [0.2, 0.25) is 0 Å². The first kappa shape index (κ1) is 12.3. The lowest BCUT2D eigenvalue weighted by atomic mass is 9.85. The van der Waals surface area contributed by atoms with Gasteiger partial charge in [-0.3, -0.25) is 4.90 Å². The van der Waals surface area contributed by atoms with Crippen LogP contribution >= 0.6 is 11.6 Å². The van der Waals surface area contributed by atoms with Crippen LogP contribution in [0.5, 0.6) is 0 Å². The number of halogens is 1. The van der Waals surface area contributed by atoms with Crippen molar-refractivity contribution >= 4 is 17.3 Å². The number of hydrogen-bond donors (Lipinski definition) is 1. The molecule has 2 fully saturated rings. The van der Waals surface area contributed by atoms with Gasteiger partial charge in [-0.05, 0) is 55.5 Å². The molecule has 98 valence electrons. The fourth-order valence-corrected chi connectivity index (χ4v) is 3.81. The normalized spacial score (nSPS) is 28.3. The van der Waals surface area contributed by atoms with Crippen LogP contribution in [0.15, 0.2) is 18.2 Å². The SMILES string of the molecule is Nc1ccc(Cl)c(CN2CCC3CCCCC32)c1. The monoisotopic (exact) mass is 264 g/mol. The lowest BCUT2D eigenvalue weighted by Crippen LogP contribution is -2.34. The van der Waals surface area contributed by atoms with Gasteiger partial charge in [-0.15, -0.1) is 0 Å². The molecule has 1 aliphatic carbocycles. The summed E-state index contributed by atoms with van der Waals surface area (Å²) in [5.41, 5.74) is 7.85. The number of nitrogen functional groups attached to an aromatic ring is 1. The summed E-state index contributed by atoms with van der Waals surface area (Å²) in [7, 11) is 0. The molecule has 0 aromatic heterocycles. The Morgan fingerprint density at radius 3 is 2.94 bits per heavy atom. The third kappa shape index (κ3) is 2.36. The zero-order valence-electron chi connectivity index (χ0n) is 10.7. The van der Waals surface area contributed by atoms with Crippen LogP contribution in [0.2, 0.25) is 5.02 Å². The van der Waals surface area contributed by atoms with Crippen molar-refractivity contribution in [3.05, 3.63) is 28.8 Å². The van der Waals surface area contributed by atoms with Crippen molar-refractivity contribution in [3.8, 4) is 0 Å². The maximum atomic E-state index is 6.27. The molecule has 0 spiro atoms. The van der Waals surface area contributed by atoms with E-state index in [0.29, 0.717) is 0 Å². The molecule has 2 unspecified atom stereocenters. The molecule has 2 nitrogen and oxygen atoms in total. The van der Waals surface area contributed by atoms with E-state index in [4.69, 9.17) is 17.3 Å². The number of nitrogens with two attached hydrogens (primary N) is 1. The average Bonchev–Trinajstić information content (AvgIpc) is 2.78. The molecule has 1 saturated carbocycles. The quantitative estimate of drug-likeness (QED) is 0.826. The number of rotatable bonds is 2. The first-order valence-electron chi connectivity index (χ1n) is 7.02. The van der Waals surface area contributed by atoms with Crippen molar-refractivity contribution in [2.24, 2.45) is 5.92 Å². The molecule has 3 heteroatoms. The summed E-state index contributed by atoms with van der Waals surface area (Å²) in [6.07, 6.45) is 6.97. The topological polar surface area (TPSA) is 29.3 Å². The second-order valence-electron chi connectivity index (χ2n) is 5.72. The summed E-state index contributed by atoms with van der Waals surface area (Å²) in [5, 5.41) is 0.850. The van der Waals surface area contributed by atoms with E-state index in [0.717, 1.165) is 29.2 Å². The van der Waals surface area contributed by atoms with Gasteiger partial charge < -0.3 is 5.73 Å². The highest BCUT2D eigenvalue weighted by atomic mass is 35.5. The summed E-state index contributed by atoms with van der Waals surface area (Å²) in [4.78, 5) is 2.62. The second-order valence-corrected chi connectivity index (χ2v) is 6.13. The van der Waals surface area contributed by atoms with Crippen molar-refractivity contribution < 1.29 is 0 Å². The van der Waals surface area contributed by atoms with E-state index in [-0.39, 0.29) is 0 Å². The zero-order chi connectivity index (χ0) is 12.5. The van der Waals surface area contributed by atoms with Crippen LogP contribution in [0.1, 0.15) is 37.7 Å². The molecule has 0 radical (unpaired) electrons. The third-order valence-corrected chi connectivity index (χ3v) is 4.94. The van der Waals surface area contributed by atoms with Gasteiger partial charge in [0.05, 0.1) is 0 Å². The fourth-order valence-electron chi connectivity index (χ4n) is 3.63. The molecular formula is C15H21ClN2. The Labute approximate surface area is 114 Å². The lowest BCUT2D eigenvalue weighted by molar-refractivity contribution is 0.176. The zero-order valence-corrected chi connectivity index (χ0v) is 11.5. The molecule has 0 amide bonds. The fraction of sp³-hybridized carbons (Fsp3) is 0.600. The molecular weight excluding hydrogens is 244 g/mol. The third-order valence-electron chi connectivity index (χ3n) is 4.57. The minimum Gasteiger partial charge on any atom is -0.399 e. The molecule has 1 saturated heterocycles. The maximum Gasteiger partial charge on any atom is 0.0452 e. The van der Waals surface area contributed by atoms with Gasteiger partial charge >= 0.3 is 0 Å². The lowest BCUT2D eigenvalue weighted by Gasteiger charge is -2.32. The highest BCUT2D eigenvalue weighted by Crippen LogP contribution is 2.37. The molecule has 2 aliphatic rings. The summed E-state index contributed by atoms with van der Waals surface area (Å²) in [6.45, 7) is 2.19. The van der Waals surface area contributed by atoms with Gasteiger partial charge in [-0.2, -0.15) is 0 Å². The van der Waals surface area contributed by atoms with Crippen LogP contribution in [-0.2, 0) is 6.54 Å². The van der Waals surface area contributed by atoms with Crippen molar-refractivity contribution in [1.29, 1.82) is 0 Å². The smallest absolute Gasteiger partial charge is 0.0452 e. The molecule has 2 N–H and O–H groups in total. The van der Waals surface area contributed by atoms with Gasteiger partial charge in [0.1, 0.15) is 0 Å². The van der Waals surface area contributed by atoms with Gasteiger partial charge in [-0.1, -0.05) is 24.4 Å². The molecule has 1 aliphatic heterocycles. The largest absolute Gasteiger partial charge is 0.399 e. The Kier molecular flexibility index (Phi) is 3.49. The van der Waals surface area contributed by atoms with Gasteiger partial charge in [-0.25, -0.2) is 0 Å². The number of benzene rings is 1. The van der Waals surface area contributed by atoms with E-state index < -0.39 is 0 Å². The predicted octanol–water partition coefficient (Wildman–Crippen LogP) is 3.69. The maximum absolute atomic E-state index is 6.27. The Morgan fingerprint density at radius 1 is 1.22 bits per heavy atom. The Hall–Kier alpha value is -0.730.